The molecule has 0 amide bonds. The van der Waals surface area contributed by atoms with Crippen molar-refractivity contribution in [3.05, 3.63) is 35.9 Å². The molecule has 162 valence electrons. The summed E-state index contributed by atoms with van der Waals surface area (Å²) in [7, 11) is -3.89. The lowest BCUT2D eigenvalue weighted by molar-refractivity contribution is -0.162. The minimum atomic E-state index is -3.89. The number of carboxylic acids is 1. The summed E-state index contributed by atoms with van der Waals surface area (Å²) in [5.41, 5.74) is 0.0741. The van der Waals surface area contributed by atoms with Crippen molar-refractivity contribution in [2.75, 3.05) is 12.3 Å². The largest absolute Gasteiger partial charge is 0.481 e. The number of hydrogen-bond acceptors (Lipinski definition) is 7. The van der Waals surface area contributed by atoms with Crippen molar-refractivity contribution < 1.29 is 27.9 Å². The van der Waals surface area contributed by atoms with Gasteiger partial charge in [0.15, 0.2) is 9.84 Å². The van der Waals surface area contributed by atoms with E-state index < -0.39 is 50.3 Å². The number of nitrogens with two attached hydrogens (primary N) is 1. The zero-order chi connectivity index (χ0) is 21.8. The van der Waals surface area contributed by atoms with Crippen LogP contribution in [0.3, 0.4) is 0 Å². The fourth-order valence-corrected chi connectivity index (χ4v) is 5.49. The number of aliphatic carboxylic acids is 1. The Labute approximate surface area is 171 Å². The molecule has 1 aliphatic heterocycles. The summed E-state index contributed by atoms with van der Waals surface area (Å²) in [5, 5.41) is 9.62. The van der Waals surface area contributed by atoms with E-state index in [1.54, 1.807) is 51.1 Å². The minimum Gasteiger partial charge on any atom is -0.481 e. The van der Waals surface area contributed by atoms with Crippen molar-refractivity contribution in [3.8, 4) is 0 Å². The molecular weight excluding hydrogens is 396 g/mol. The fraction of sp³-hybridized carbons (Fsp3) is 0.600. The maximum Gasteiger partial charge on any atom is 0.309 e. The van der Waals surface area contributed by atoms with Crippen LogP contribution in [-0.4, -0.2) is 53.7 Å². The zero-order valence-corrected chi connectivity index (χ0v) is 17.9. The summed E-state index contributed by atoms with van der Waals surface area (Å²) >= 11 is 0. The van der Waals surface area contributed by atoms with Crippen LogP contribution < -0.4 is 5.84 Å². The van der Waals surface area contributed by atoms with E-state index in [0.717, 1.165) is 5.56 Å². The van der Waals surface area contributed by atoms with Crippen LogP contribution in [0.15, 0.2) is 30.3 Å². The lowest BCUT2D eigenvalue weighted by atomic mass is 9.97. The lowest BCUT2D eigenvalue weighted by Crippen LogP contribution is -2.53. The van der Waals surface area contributed by atoms with Gasteiger partial charge in [-0.25, -0.2) is 13.4 Å². The molecular formula is C20H30N2O6S. The Balaban J connectivity index is 2.14. The van der Waals surface area contributed by atoms with Crippen LogP contribution in [0.4, 0.5) is 0 Å². The van der Waals surface area contributed by atoms with E-state index in [2.05, 4.69) is 0 Å². The van der Waals surface area contributed by atoms with Crippen molar-refractivity contribution in [1.82, 2.24) is 5.01 Å². The monoisotopic (exact) mass is 426 g/mol. The van der Waals surface area contributed by atoms with Gasteiger partial charge >= 0.3 is 11.9 Å². The molecule has 0 aliphatic carbocycles. The molecule has 1 aromatic carbocycles. The number of sulfone groups is 1. The van der Waals surface area contributed by atoms with E-state index in [9.17, 15) is 23.1 Å². The molecule has 9 heteroatoms. The van der Waals surface area contributed by atoms with Gasteiger partial charge in [-0.1, -0.05) is 30.3 Å². The van der Waals surface area contributed by atoms with Crippen LogP contribution in [0.2, 0.25) is 0 Å². The Hall–Kier alpha value is -1.97. The smallest absolute Gasteiger partial charge is 0.309 e. The van der Waals surface area contributed by atoms with Gasteiger partial charge in [0.2, 0.25) is 0 Å². The molecule has 0 radical (unpaired) electrons. The highest BCUT2D eigenvalue weighted by Gasteiger charge is 2.41. The number of hydrazine groups is 1. The summed E-state index contributed by atoms with van der Waals surface area (Å²) in [6.07, 6.45) is 0.484. The van der Waals surface area contributed by atoms with Crippen LogP contribution >= 0.6 is 0 Å². The first-order valence-electron chi connectivity index (χ1n) is 9.61. The number of carbonyl (C=O) groups is 2. The van der Waals surface area contributed by atoms with E-state index >= 15 is 0 Å². The molecule has 1 saturated heterocycles. The van der Waals surface area contributed by atoms with Crippen molar-refractivity contribution in [2.45, 2.75) is 51.0 Å². The predicted molar refractivity (Wildman–Crippen MR) is 108 cm³/mol. The average Bonchev–Trinajstić information content (AvgIpc) is 2.60. The quantitative estimate of drug-likeness (QED) is 0.497. The van der Waals surface area contributed by atoms with Crippen LogP contribution in [0.1, 0.15) is 39.2 Å². The molecule has 0 aromatic heterocycles. The lowest BCUT2D eigenvalue weighted by Gasteiger charge is -2.36. The Bertz CT molecular complexity index is 819. The van der Waals surface area contributed by atoms with Gasteiger partial charge in [0, 0.05) is 6.54 Å². The number of piperidine rings is 1. The standard InChI is InChI=1S/C20H30N2O6S/c1-20(2,3)28-19(25)15-9-10-22(21)17(12-15)29(26,27)13-16(18(23)24)11-14-7-5-4-6-8-14/h4-8,15-17H,9-13,21H2,1-3H3,(H,23,24). The highest BCUT2D eigenvalue weighted by atomic mass is 32.2. The zero-order valence-electron chi connectivity index (χ0n) is 17.1. The van der Waals surface area contributed by atoms with Gasteiger partial charge in [-0.15, -0.1) is 0 Å². The number of rotatable bonds is 7. The third kappa shape index (κ3) is 6.80. The fourth-order valence-electron chi connectivity index (χ4n) is 3.41. The first-order valence-corrected chi connectivity index (χ1v) is 11.3. The molecule has 1 fully saturated rings. The second-order valence-electron chi connectivity index (χ2n) is 8.50. The second-order valence-corrected chi connectivity index (χ2v) is 10.7. The topological polar surface area (TPSA) is 127 Å². The maximum atomic E-state index is 13.0. The van der Waals surface area contributed by atoms with E-state index in [0.29, 0.717) is 6.42 Å². The molecule has 1 heterocycles. The number of carbonyl (C=O) groups excluding carboxylic acids is 1. The Kier molecular flexibility index (Phi) is 7.42. The Morgan fingerprint density at radius 1 is 1.28 bits per heavy atom. The summed E-state index contributed by atoms with van der Waals surface area (Å²) in [4.78, 5) is 24.1. The van der Waals surface area contributed by atoms with Gasteiger partial charge in [0.25, 0.3) is 0 Å². The number of benzene rings is 1. The van der Waals surface area contributed by atoms with Crippen molar-refractivity contribution in [1.29, 1.82) is 0 Å². The number of esters is 1. The van der Waals surface area contributed by atoms with Gasteiger partial charge in [-0.3, -0.25) is 15.4 Å². The van der Waals surface area contributed by atoms with Gasteiger partial charge in [0.05, 0.1) is 17.6 Å². The minimum absolute atomic E-state index is 0.00851. The van der Waals surface area contributed by atoms with Gasteiger partial charge in [-0.05, 0) is 45.6 Å². The van der Waals surface area contributed by atoms with Crippen molar-refractivity contribution in [2.24, 2.45) is 17.7 Å². The number of hydrogen-bond donors (Lipinski definition) is 2. The molecule has 0 spiro atoms. The molecule has 3 N–H and O–H groups in total. The first-order chi connectivity index (χ1) is 13.4. The van der Waals surface area contributed by atoms with Crippen LogP contribution in [-0.2, 0) is 30.6 Å². The summed E-state index contributed by atoms with van der Waals surface area (Å²) in [6, 6.07) is 8.88. The Morgan fingerprint density at radius 3 is 2.45 bits per heavy atom. The summed E-state index contributed by atoms with van der Waals surface area (Å²) < 4.78 is 31.4. The molecule has 8 nitrogen and oxygen atoms in total. The molecule has 0 bridgehead atoms. The third-order valence-electron chi connectivity index (χ3n) is 4.85. The van der Waals surface area contributed by atoms with Crippen LogP contribution in [0.25, 0.3) is 0 Å². The SMILES string of the molecule is CC(C)(C)OC(=O)C1CCN(N)C(S(=O)(=O)CC(Cc2ccccc2)C(=O)O)C1. The second kappa shape index (κ2) is 9.23. The molecule has 1 aromatic rings. The van der Waals surface area contributed by atoms with Crippen LogP contribution in [0, 0.1) is 11.8 Å². The first kappa shape index (κ1) is 23.3. The number of nitrogens with zero attached hydrogens (tertiary/aromatic N) is 1. The molecule has 2 rings (SSSR count). The molecule has 29 heavy (non-hydrogen) atoms. The number of carboxylic acid groups (broad SMARTS) is 1. The van der Waals surface area contributed by atoms with E-state index in [-0.39, 0.29) is 19.4 Å². The van der Waals surface area contributed by atoms with E-state index in [1.165, 1.54) is 5.01 Å². The highest BCUT2D eigenvalue weighted by Crippen LogP contribution is 2.28. The van der Waals surface area contributed by atoms with Gasteiger partial charge in [-0.2, -0.15) is 0 Å². The normalized spacial score (nSPS) is 22.1. The molecule has 0 saturated carbocycles. The third-order valence-corrected chi connectivity index (χ3v) is 7.01. The van der Waals surface area contributed by atoms with E-state index in [1.807, 2.05) is 0 Å². The van der Waals surface area contributed by atoms with Gasteiger partial charge < -0.3 is 9.84 Å². The van der Waals surface area contributed by atoms with Gasteiger partial charge in [0.1, 0.15) is 11.0 Å². The summed E-state index contributed by atoms with van der Waals surface area (Å²) in [6.45, 7) is 5.46. The summed E-state index contributed by atoms with van der Waals surface area (Å²) in [5.74, 6) is 2.04. The maximum absolute atomic E-state index is 13.0. The average molecular weight is 427 g/mol. The van der Waals surface area contributed by atoms with Crippen LogP contribution in [0.5, 0.6) is 0 Å². The predicted octanol–water partition coefficient (Wildman–Crippen LogP) is 1.60. The number of ether oxygens (including phenoxy) is 1. The van der Waals surface area contributed by atoms with E-state index in [4.69, 9.17) is 10.6 Å². The van der Waals surface area contributed by atoms with Crippen molar-refractivity contribution in [3.63, 3.8) is 0 Å². The van der Waals surface area contributed by atoms with Crippen molar-refractivity contribution >= 4 is 21.8 Å². The highest BCUT2D eigenvalue weighted by molar-refractivity contribution is 7.92. The molecule has 1 aliphatic rings. The molecule has 3 atom stereocenters. The Morgan fingerprint density at radius 2 is 1.90 bits per heavy atom. The molecule has 3 unspecified atom stereocenters.